The minimum absolute atomic E-state index is 0.987. The molecule has 0 amide bonds. The number of ether oxygens (including phenoxy) is 1. The van der Waals surface area contributed by atoms with Gasteiger partial charge >= 0.3 is 0 Å². The number of hydrogen-bond acceptors (Lipinski definition) is 1. The number of alkyl halides is 1. The van der Waals surface area contributed by atoms with Crippen LogP contribution in [-0.4, -0.2) is 7.11 Å². The van der Waals surface area contributed by atoms with Crippen molar-refractivity contribution in [3.8, 4) is 5.75 Å². The molecule has 0 radical (unpaired) electrons. The molecule has 12 heavy (non-hydrogen) atoms. The van der Waals surface area contributed by atoms with E-state index >= 15 is 0 Å². The highest BCUT2D eigenvalue weighted by molar-refractivity contribution is 14.1. The zero-order valence-electron chi connectivity index (χ0n) is 7.65. The molecule has 0 N–H and O–H groups in total. The molecule has 0 aliphatic carbocycles. The smallest absolute Gasteiger partial charge is 0.122 e. The van der Waals surface area contributed by atoms with Crippen LogP contribution in [0.4, 0.5) is 0 Å². The number of hydrogen-bond donors (Lipinski definition) is 0. The van der Waals surface area contributed by atoms with Crippen LogP contribution in [0.2, 0.25) is 0 Å². The topological polar surface area (TPSA) is 9.23 Å². The second kappa shape index (κ2) is 4.12. The summed E-state index contributed by atoms with van der Waals surface area (Å²) in [6.45, 7) is 4.25. The zero-order chi connectivity index (χ0) is 9.14. The fourth-order valence-corrected chi connectivity index (χ4v) is 2.04. The van der Waals surface area contributed by atoms with E-state index in [4.69, 9.17) is 4.74 Å². The minimum Gasteiger partial charge on any atom is -0.496 e. The molecule has 1 nitrogen and oxygen atoms in total. The van der Waals surface area contributed by atoms with Crippen LogP contribution in [0.25, 0.3) is 0 Å². The zero-order valence-corrected chi connectivity index (χ0v) is 9.81. The van der Waals surface area contributed by atoms with Gasteiger partial charge in [-0.1, -0.05) is 28.7 Å². The lowest BCUT2D eigenvalue weighted by Gasteiger charge is -2.10. The molecule has 0 unspecified atom stereocenters. The molecule has 0 atom stereocenters. The van der Waals surface area contributed by atoms with Gasteiger partial charge in [-0.3, -0.25) is 0 Å². The number of methoxy groups -OCH3 is 1. The van der Waals surface area contributed by atoms with Crippen LogP contribution >= 0.6 is 22.6 Å². The molecule has 0 aromatic heterocycles. The van der Waals surface area contributed by atoms with Crippen molar-refractivity contribution in [3.63, 3.8) is 0 Å². The molecule has 66 valence electrons. The molecule has 0 fully saturated rings. The van der Waals surface area contributed by atoms with Crippen molar-refractivity contribution in [2.24, 2.45) is 0 Å². The molecule has 0 heterocycles. The lowest BCUT2D eigenvalue weighted by atomic mass is 10.0. The molecule has 0 saturated carbocycles. The molecule has 1 rings (SSSR count). The third-order valence-corrected chi connectivity index (χ3v) is 3.04. The lowest BCUT2D eigenvalue weighted by Crippen LogP contribution is -1.93. The van der Waals surface area contributed by atoms with Crippen LogP contribution in [0.1, 0.15) is 16.7 Å². The Morgan fingerprint density at radius 3 is 2.42 bits per heavy atom. The SMILES string of the molecule is COc1ccc(CI)c(C)c1C. The maximum absolute atomic E-state index is 5.22. The van der Waals surface area contributed by atoms with Crippen molar-refractivity contribution in [3.05, 3.63) is 28.8 Å². The van der Waals surface area contributed by atoms with E-state index in [-0.39, 0.29) is 0 Å². The van der Waals surface area contributed by atoms with Gasteiger partial charge < -0.3 is 4.74 Å². The van der Waals surface area contributed by atoms with E-state index in [1.165, 1.54) is 16.7 Å². The van der Waals surface area contributed by atoms with Crippen molar-refractivity contribution < 1.29 is 4.74 Å². The van der Waals surface area contributed by atoms with E-state index < -0.39 is 0 Å². The number of benzene rings is 1. The fourth-order valence-electron chi connectivity index (χ4n) is 1.22. The molecule has 0 aliphatic rings. The quantitative estimate of drug-likeness (QED) is 0.595. The summed E-state index contributed by atoms with van der Waals surface area (Å²) in [5.41, 5.74) is 4.00. The Labute approximate surface area is 87.3 Å². The molecule has 2 heteroatoms. The lowest BCUT2D eigenvalue weighted by molar-refractivity contribution is 0.411. The Bertz CT molecular complexity index is 252. The van der Waals surface area contributed by atoms with E-state index in [9.17, 15) is 0 Å². The highest BCUT2D eigenvalue weighted by Crippen LogP contribution is 2.24. The van der Waals surface area contributed by atoms with Crippen molar-refractivity contribution >= 4 is 22.6 Å². The third kappa shape index (κ3) is 1.73. The Morgan fingerprint density at radius 2 is 1.92 bits per heavy atom. The first-order chi connectivity index (χ1) is 5.70. The van der Waals surface area contributed by atoms with Gasteiger partial charge in [0.15, 0.2) is 0 Å². The summed E-state index contributed by atoms with van der Waals surface area (Å²) in [6, 6.07) is 4.17. The van der Waals surface area contributed by atoms with Gasteiger partial charge in [-0.15, -0.1) is 0 Å². The van der Waals surface area contributed by atoms with Crippen molar-refractivity contribution in [1.82, 2.24) is 0 Å². The first-order valence-corrected chi connectivity index (χ1v) is 5.42. The van der Waals surface area contributed by atoms with Crippen LogP contribution in [0.3, 0.4) is 0 Å². The van der Waals surface area contributed by atoms with Crippen LogP contribution in [0, 0.1) is 13.8 Å². The molecular formula is C10H13IO. The summed E-state index contributed by atoms with van der Waals surface area (Å²) < 4.78 is 6.29. The van der Waals surface area contributed by atoms with Gasteiger partial charge in [0.1, 0.15) is 5.75 Å². The fraction of sp³-hybridized carbons (Fsp3) is 0.400. The van der Waals surface area contributed by atoms with E-state index in [2.05, 4.69) is 42.5 Å². The highest BCUT2D eigenvalue weighted by Gasteiger charge is 2.04. The molecule has 1 aromatic rings. The summed E-state index contributed by atoms with van der Waals surface area (Å²) in [5.74, 6) is 0.987. The minimum atomic E-state index is 0.987. The van der Waals surface area contributed by atoms with Crippen LogP contribution in [0.5, 0.6) is 5.75 Å². The van der Waals surface area contributed by atoms with E-state index in [1.54, 1.807) is 7.11 Å². The van der Waals surface area contributed by atoms with Gasteiger partial charge in [-0.05, 0) is 36.6 Å². The third-order valence-electron chi connectivity index (χ3n) is 2.21. The first-order valence-electron chi connectivity index (χ1n) is 3.89. The Morgan fingerprint density at radius 1 is 1.25 bits per heavy atom. The van der Waals surface area contributed by atoms with Gasteiger partial charge in [0.25, 0.3) is 0 Å². The second-order valence-corrected chi connectivity index (χ2v) is 3.57. The first kappa shape index (κ1) is 9.84. The maximum atomic E-state index is 5.22. The molecule has 0 saturated heterocycles. The van der Waals surface area contributed by atoms with E-state index in [0.717, 1.165) is 10.2 Å². The Balaban J connectivity index is 3.20. The number of rotatable bonds is 2. The van der Waals surface area contributed by atoms with Crippen molar-refractivity contribution in [2.45, 2.75) is 18.3 Å². The molecule has 0 spiro atoms. The summed E-state index contributed by atoms with van der Waals surface area (Å²) in [4.78, 5) is 0. The van der Waals surface area contributed by atoms with E-state index in [1.807, 2.05) is 6.07 Å². The molecule has 0 aliphatic heterocycles. The Kier molecular flexibility index (Phi) is 3.38. The van der Waals surface area contributed by atoms with Crippen LogP contribution in [0.15, 0.2) is 12.1 Å². The standard InChI is InChI=1S/C10H13IO/c1-7-8(2)10(12-3)5-4-9(7)6-11/h4-5H,6H2,1-3H3. The number of halogens is 1. The van der Waals surface area contributed by atoms with E-state index in [0.29, 0.717) is 0 Å². The van der Waals surface area contributed by atoms with Gasteiger partial charge in [-0.2, -0.15) is 0 Å². The maximum Gasteiger partial charge on any atom is 0.122 e. The van der Waals surface area contributed by atoms with Crippen LogP contribution < -0.4 is 4.74 Å². The highest BCUT2D eigenvalue weighted by atomic mass is 127. The van der Waals surface area contributed by atoms with Gasteiger partial charge in [0.05, 0.1) is 7.11 Å². The molecule has 1 aromatic carbocycles. The summed E-state index contributed by atoms with van der Waals surface area (Å²) in [6.07, 6.45) is 0. The normalized spacial score (nSPS) is 10.0. The van der Waals surface area contributed by atoms with Crippen LogP contribution in [-0.2, 0) is 4.43 Å². The summed E-state index contributed by atoms with van der Waals surface area (Å²) >= 11 is 2.38. The van der Waals surface area contributed by atoms with Crippen molar-refractivity contribution in [2.75, 3.05) is 7.11 Å². The second-order valence-electron chi connectivity index (χ2n) is 2.81. The Hall–Kier alpha value is -0.250. The largest absolute Gasteiger partial charge is 0.496 e. The average molecular weight is 276 g/mol. The molecule has 0 bridgehead atoms. The predicted octanol–water partition coefficient (Wildman–Crippen LogP) is 3.25. The van der Waals surface area contributed by atoms with Gasteiger partial charge in [0.2, 0.25) is 0 Å². The summed E-state index contributed by atoms with van der Waals surface area (Å²) in [7, 11) is 1.71. The monoisotopic (exact) mass is 276 g/mol. The summed E-state index contributed by atoms with van der Waals surface area (Å²) in [5, 5.41) is 0. The van der Waals surface area contributed by atoms with Gasteiger partial charge in [0, 0.05) is 4.43 Å². The average Bonchev–Trinajstić information content (AvgIpc) is 2.10. The molecular weight excluding hydrogens is 263 g/mol. The predicted molar refractivity (Wildman–Crippen MR) is 60.2 cm³/mol. The van der Waals surface area contributed by atoms with Gasteiger partial charge in [-0.25, -0.2) is 0 Å². The van der Waals surface area contributed by atoms with Crippen molar-refractivity contribution in [1.29, 1.82) is 0 Å².